The number of hydrogen-bond donors (Lipinski definition) is 0. The highest BCUT2D eigenvalue weighted by Gasteiger charge is 2.57. The second-order valence-corrected chi connectivity index (χ2v) is 28.2. The standard InChI is InChI=1S/C70H79BN2O/c1-43-36-59-61-60(37-43)73(57-29-26-47(64(2,3)4)38-50(57)46-24-22-45(23-25-46)44-20-18-17-19-21-44)62-55-39-48(65(5,6)7)30-31-70(55,16)74-63(62)71(61)56-41-53-54(69(14,15)35-34-68(53,12)13)42-58(56)72(59)49-27-28-51-52(40-49)67(10,11)33-32-66(51,8)9/h17-31,36-42,55H,32-35H2,1-16H3. The van der Waals surface area contributed by atoms with Gasteiger partial charge in [-0.25, -0.2) is 0 Å². The van der Waals surface area contributed by atoms with Crippen molar-refractivity contribution in [2.24, 2.45) is 11.3 Å². The molecule has 0 saturated carbocycles. The van der Waals surface area contributed by atoms with E-state index in [2.05, 4.69) is 254 Å². The molecule has 0 aromatic heterocycles. The molecule has 0 radical (unpaired) electrons. The molecule has 6 aromatic rings. The molecule has 74 heavy (non-hydrogen) atoms. The molecule has 6 aromatic carbocycles. The van der Waals surface area contributed by atoms with E-state index in [9.17, 15) is 0 Å². The van der Waals surface area contributed by atoms with E-state index in [1.807, 2.05) is 0 Å². The molecular weight excluding hydrogens is 896 g/mol. The van der Waals surface area contributed by atoms with Crippen molar-refractivity contribution in [1.82, 2.24) is 0 Å². The van der Waals surface area contributed by atoms with Gasteiger partial charge in [-0.2, -0.15) is 0 Å². The van der Waals surface area contributed by atoms with E-state index in [4.69, 9.17) is 4.74 Å². The first-order valence-electron chi connectivity index (χ1n) is 27.9. The number of nitrogens with zero attached hydrogens (tertiary/aromatic N) is 2. The molecule has 3 aliphatic carbocycles. The summed E-state index contributed by atoms with van der Waals surface area (Å²) >= 11 is 0. The van der Waals surface area contributed by atoms with Gasteiger partial charge in [-0.05, 0) is 187 Å². The van der Waals surface area contributed by atoms with Crippen molar-refractivity contribution in [3.63, 3.8) is 0 Å². The van der Waals surface area contributed by atoms with E-state index in [0.29, 0.717) is 0 Å². The van der Waals surface area contributed by atoms with Crippen molar-refractivity contribution in [2.45, 2.75) is 169 Å². The number of aryl methyl sites for hydroxylation is 1. The van der Waals surface area contributed by atoms with Crippen LogP contribution in [0, 0.1) is 18.3 Å². The number of fused-ring (bicyclic) bond motifs is 7. The van der Waals surface area contributed by atoms with E-state index in [1.165, 1.54) is 119 Å². The topological polar surface area (TPSA) is 15.7 Å². The van der Waals surface area contributed by atoms with Crippen LogP contribution in [0.15, 0.2) is 150 Å². The molecule has 0 fully saturated rings. The van der Waals surface area contributed by atoms with Crippen LogP contribution in [0.4, 0.5) is 28.4 Å². The second-order valence-electron chi connectivity index (χ2n) is 28.2. The average molecular weight is 975 g/mol. The van der Waals surface area contributed by atoms with Crippen molar-refractivity contribution < 1.29 is 4.74 Å². The molecule has 0 amide bonds. The lowest BCUT2D eigenvalue weighted by atomic mass is 9.35. The van der Waals surface area contributed by atoms with Crippen LogP contribution < -0.4 is 20.7 Å². The zero-order valence-corrected chi connectivity index (χ0v) is 47.5. The van der Waals surface area contributed by atoms with E-state index < -0.39 is 5.60 Å². The molecule has 378 valence electrons. The number of rotatable bonds is 4. The van der Waals surface area contributed by atoms with Crippen LogP contribution in [-0.2, 0) is 31.8 Å². The third kappa shape index (κ3) is 7.49. The Morgan fingerprint density at radius 1 is 0.527 bits per heavy atom. The van der Waals surface area contributed by atoms with Crippen LogP contribution in [-0.4, -0.2) is 12.3 Å². The summed E-state index contributed by atoms with van der Waals surface area (Å²) in [4.78, 5) is 5.37. The molecule has 2 atom stereocenters. The van der Waals surface area contributed by atoms with Crippen molar-refractivity contribution in [3.8, 4) is 22.3 Å². The van der Waals surface area contributed by atoms with Crippen LogP contribution in [0.5, 0.6) is 0 Å². The molecule has 4 heteroatoms. The first-order chi connectivity index (χ1) is 34.7. The van der Waals surface area contributed by atoms with E-state index in [-0.39, 0.29) is 45.1 Å². The van der Waals surface area contributed by atoms with Crippen molar-refractivity contribution in [3.05, 3.63) is 184 Å². The number of allylic oxidation sites excluding steroid dienone is 2. The van der Waals surface area contributed by atoms with Gasteiger partial charge in [-0.3, -0.25) is 0 Å². The molecule has 12 rings (SSSR count). The van der Waals surface area contributed by atoms with Gasteiger partial charge in [-0.1, -0.05) is 182 Å². The lowest BCUT2D eigenvalue weighted by Crippen LogP contribution is -2.56. The molecule has 0 N–H and O–H groups in total. The lowest BCUT2D eigenvalue weighted by molar-refractivity contribution is 0.0774. The Labute approximate surface area is 444 Å². The van der Waals surface area contributed by atoms with Crippen LogP contribution in [0.1, 0.15) is 163 Å². The first-order valence-corrected chi connectivity index (χ1v) is 27.9. The molecule has 0 saturated heterocycles. The Bertz CT molecular complexity index is 3420. The van der Waals surface area contributed by atoms with Gasteiger partial charge in [0.05, 0.1) is 23.0 Å². The Morgan fingerprint density at radius 2 is 1.09 bits per heavy atom. The minimum atomic E-state index is -0.596. The molecular formula is C70H79BN2O. The van der Waals surface area contributed by atoms with Crippen LogP contribution in [0.25, 0.3) is 22.3 Å². The summed E-state index contributed by atoms with van der Waals surface area (Å²) in [7, 11) is 0. The van der Waals surface area contributed by atoms with E-state index in [0.717, 1.165) is 18.5 Å². The summed E-state index contributed by atoms with van der Waals surface area (Å²) in [6, 6.07) is 45.2. The second kappa shape index (κ2) is 16.0. The maximum absolute atomic E-state index is 7.88. The third-order valence-corrected chi connectivity index (χ3v) is 18.9. The van der Waals surface area contributed by atoms with Gasteiger partial charge in [0.15, 0.2) is 0 Å². The molecule has 3 aliphatic heterocycles. The Kier molecular flexibility index (Phi) is 10.6. The molecule has 6 aliphatic rings. The summed E-state index contributed by atoms with van der Waals surface area (Å²) in [6.45, 7) is 38.4. The minimum Gasteiger partial charge on any atom is -0.494 e. The predicted molar refractivity (Wildman–Crippen MR) is 316 cm³/mol. The summed E-state index contributed by atoms with van der Waals surface area (Å²) in [5.74, 6) is -0.0369. The zero-order chi connectivity index (χ0) is 52.4. The Balaban J connectivity index is 1.19. The largest absolute Gasteiger partial charge is 0.494 e. The normalized spacial score (nSPS) is 22.5. The molecule has 3 nitrogen and oxygen atoms in total. The highest BCUT2D eigenvalue weighted by atomic mass is 16.5. The Morgan fingerprint density at radius 3 is 1.72 bits per heavy atom. The summed E-state index contributed by atoms with van der Waals surface area (Å²) in [5.41, 5.74) is 25.4. The monoisotopic (exact) mass is 975 g/mol. The highest BCUT2D eigenvalue weighted by Crippen LogP contribution is 2.58. The molecule has 0 spiro atoms. The van der Waals surface area contributed by atoms with Gasteiger partial charge in [-0.15, -0.1) is 0 Å². The fraction of sp³-hybridized carbons (Fsp3) is 0.400. The van der Waals surface area contributed by atoms with Crippen molar-refractivity contribution in [2.75, 3.05) is 9.80 Å². The van der Waals surface area contributed by atoms with Crippen molar-refractivity contribution >= 4 is 46.1 Å². The quantitative estimate of drug-likeness (QED) is 0.164. The van der Waals surface area contributed by atoms with Gasteiger partial charge < -0.3 is 14.5 Å². The Hall–Kier alpha value is -6.00. The first kappa shape index (κ1) is 48.9. The molecule has 0 bridgehead atoms. The van der Waals surface area contributed by atoms with Crippen molar-refractivity contribution in [1.29, 1.82) is 0 Å². The summed E-state index contributed by atoms with van der Waals surface area (Å²) < 4.78 is 7.88. The maximum Gasteiger partial charge on any atom is 0.296 e. The van der Waals surface area contributed by atoms with Gasteiger partial charge >= 0.3 is 0 Å². The van der Waals surface area contributed by atoms with Gasteiger partial charge in [0.1, 0.15) is 5.60 Å². The average Bonchev–Trinajstić information content (AvgIpc) is 3.65. The minimum absolute atomic E-state index is 0.0176. The molecule has 2 unspecified atom stereocenters. The SMILES string of the molecule is Cc1cc2c3c(c1)N(c1ccc4c(c1)C(C)(C)CCC4(C)C)c1cc4c(cc1B3C1=C(C3C=C(C(C)(C)C)C=CC3(C)O1)N2c1ccc(C(C)(C)C)cc1-c1ccc(-c2ccccc2)cc1)C(C)(C)CCC4(C)C. The molecule has 3 heterocycles. The van der Waals surface area contributed by atoms with E-state index in [1.54, 1.807) is 0 Å². The van der Waals surface area contributed by atoms with Gasteiger partial charge in [0.25, 0.3) is 6.71 Å². The number of benzene rings is 6. The zero-order valence-electron chi connectivity index (χ0n) is 47.5. The van der Waals surface area contributed by atoms with E-state index >= 15 is 0 Å². The third-order valence-electron chi connectivity index (χ3n) is 18.9. The van der Waals surface area contributed by atoms with Crippen LogP contribution in [0.3, 0.4) is 0 Å². The maximum atomic E-state index is 7.88. The number of ether oxygens (including phenoxy) is 1. The highest BCUT2D eigenvalue weighted by molar-refractivity contribution is 6.94. The van der Waals surface area contributed by atoms with Crippen LogP contribution in [0.2, 0.25) is 0 Å². The predicted octanol–water partition coefficient (Wildman–Crippen LogP) is 17.6. The number of anilines is 5. The summed E-state index contributed by atoms with van der Waals surface area (Å²) in [5, 5.41) is 0. The fourth-order valence-corrected chi connectivity index (χ4v) is 13.9. The van der Waals surface area contributed by atoms with Gasteiger partial charge in [0.2, 0.25) is 0 Å². The lowest BCUT2D eigenvalue weighted by Gasteiger charge is -2.47. The van der Waals surface area contributed by atoms with Gasteiger partial charge in [0, 0.05) is 28.3 Å². The summed E-state index contributed by atoms with van der Waals surface area (Å²) in [6.07, 6.45) is 12.0. The van der Waals surface area contributed by atoms with Crippen LogP contribution >= 0.6 is 0 Å². The smallest absolute Gasteiger partial charge is 0.296 e. The number of hydrogen-bond acceptors (Lipinski definition) is 3. The fourth-order valence-electron chi connectivity index (χ4n) is 13.9.